The van der Waals surface area contributed by atoms with E-state index in [1.165, 1.54) is 32.5 Å². The second-order valence-corrected chi connectivity index (χ2v) is 5.30. The van der Waals surface area contributed by atoms with Crippen LogP contribution in [0.2, 0.25) is 0 Å². The molecule has 0 radical (unpaired) electrons. The second kappa shape index (κ2) is 13.8. The molecule has 0 bridgehead atoms. The Hall–Kier alpha value is -0.160. The van der Waals surface area contributed by atoms with Gasteiger partial charge in [-0.25, -0.2) is 0 Å². The largest absolute Gasteiger partial charge is 0.374 e. The summed E-state index contributed by atoms with van der Waals surface area (Å²) < 4.78 is 5.79. The number of likely N-dealkylation sites (N-methyl/N-ethyl adjacent to an activating group) is 1. The average molecular weight is 287 g/mol. The van der Waals surface area contributed by atoms with Gasteiger partial charge in [-0.3, -0.25) is 4.90 Å². The van der Waals surface area contributed by atoms with Crippen molar-refractivity contribution >= 4 is 0 Å². The Morgan fingerprint density at radius 3 is 2.60 bits per heavy atom. The number of nitrogens with zero attached hydrogens (tertiary/aromatic N) is 2. The van der Waals surface area contributed by atoms with E-state index in [0.717, 1.165) is 32.8 Å². The lowest BCUT2D eigenvalue weighted by molar-refractivity contribution is -0.0285. The van der Waals surface area contributed by atoms with Crippen LogP contribution >= 0.6 is 0 Å². The van der Waals surface area contributed by atoms with Gasteiger partial charge in [-0.2, -0.15) is 0 Å². The number of nitrogens with one attached hydrogen (secondary N) is 1. The first-order chi connectivity index (χ1) is 9.76. The normalized spacial score (nSPS) is 19.8. The van der Waals surface area contributed by atoms with Crippen LogP contribution in [0.5, 0.6) is 0 Å². The minimum atomic E-state index is 0.377. The molecule has 0 aromatic carbocycles. The predicted octanol–water partition coefficient (Wildman–Crippen LogP) is 2.05. The molecule has 20 heavy (non-hydrogen) atoms. The van der Waals surface area contributed by atoms with Gasteiger partial charge in [0.2, 0.25) is 0 Å². The van der Waals surface area contributed by atoms with Crippen LogP contribution in [0.4, 0.5) is 0 Å². The first kappa shape index (κ1) is 19.8. The lowest BCUT2D eigenvalue weighted by Gasteiger charge is -2.34. The molecule has 0 saturated carbocycles. The van der Waals surface area contributed by atoms with Crippen molar-refractivity contribution in [3.05, 3.63) is 0 Å². The number of morpholine rings is 1. The van der Waals surface area contributed by atoms with Gasteiger partial charge < -0.3 is 15.0 Å². The Morgan fingerprint density at radius 2 is 1.95 bits per heavy atom. The highest BCUT2D eigenvalue weighted by atomic mass is 16.5. The SMILES string of the molecule is CC.CCCNCC1CN(CCN(C)CCC)CCO1. The van der Waals surface area contributed by atoms with Crippen molar-refractivity contribution < 1.29 is 4.74 Å². The van der Waals surface area contributed by atoms with Crippen molar-refractivity contribution in [1.29, 1.82) is 0 Å². The van der Waals surface area contributed by atoms with Crippen LogP contribution in [0.1, 0.15) is 40.5 Å². The van der Waals surface area contributed by atoms with Crippen LogP contribution in [0.15, 0.2) is 0 Å². The molecule has 0 aliphatic carbocycles. The van der Waals surface area contributed by atoms with E-state index in [1.54, 1.807) is 0 Å². The Kier molecular flexibility index (Phi) is 13.7. The molecule has 1 atom stereocenters. The van der Waals surface area contributed by atoms with Gasteiger partial charge in [-0.1, -0.05) is 27.7 Å². The summed E-state index contributed by atoms with van der Waals surface area (Å²) >= 11 is 0. The van der Waals surface area contributed by atoms with E-state index in [-0.39, 0.29) is 0 Å². The highest BCUT2D eigenvalue weighted by molar-refractivity contribution is 4.74. The van der Waals surface area contributed by atoms with Crippen LogP contribution in [-0.4, -0.2) is 75.4 Å². The van der Waals surface area contributed by atoms with E-state index in [0.29, 0.717) is 6.10 Å². The summed E-state index contributed by atoms with van der Waals surface area (Å²) in [5, 5.41) is 3.45. The Morgan fingerprint density at radius 1 is 1.20 bits per heavy atom. The standard InChI is InChI=1S/C14H31N3O.C2H6/c1-4-6-15-12-14-13-17(10-11-18-14)9-8-16(3)7-5-2;1-2/h14-15H,4-13H2,1-3H3;1-2H3. The maximum Gasteiger partial charge on any atom is 0.0826 e. The van der Waals surface area contributed by atoms with Gasteiger partial charge in [0.15, 0.2) is 0 Å². The molecule has 1 aliphatic rings. The zero-order valence-electron chi connectivity index (χ0n) is 14.5. The highest BCUT2D eigenvalue weighted by Gasteiger charge is 2.19. The van der Waals surface area contributed by atoms with E-state index in [1.807, 2.05) is 13.8 Å². The zero-order valence-corrected chi connectivity index (χ0v) is 14.5. The molecule has 122 valence electrons. The van der Waals surface area contributed by atoms with Crippen molar-refractivity contribution in [3.63, 3.8) is 0 Å². The number of hydrogen-bond donors (Lipinski definition) is 1. The Bertz CT molecular complexity index is 202. The van der Waals surface area contributed by atoms with E-state index in [9.17, 15) is 0 Å². The molecule has 1 heterocycles. The molecule has 0 aromatic heterocycles. The quantitative estimate of drug-likeness (QED) is 0.657. The van der Waals surface area contributed by atoms with Crippen LogP contribution in [-0.2, 0) is 4.74 Å². The Balaban J connectivity index is 0.00000172. The van der Waals surface area contributed by atoms with Crippen molar-refractivity contribution in [1.82, 2.24) is 15.1 Å². The van der Waals surface area contributed by atoms with Gasteiger partial charge >= 0.3 is 0 Å². The molecular formula is C16H37N3O. The molecule has 1 rings (SSSR count). The van der Waals surface area contributed by atoms with Crippen molar-refractivity contribution in [2.75, 3.05) is 59.5 Å². The number of ether oxygens (including phenoxy) is 1. The van der Waals surface area contributed by atoms with E-state index < -0.39 is 0 Å². The highest BCUT2D eigenvalue weighted by Crippen LogP contribution is 2.04. The topological polar surface area (TPSA) is 27.7 Å². The van der Waals surface area contributed by atoms with Gasteiger partial charge in [0.05, 0.1) is 12.7 Å². The molecule has 0 amide bonds. The summed E-state index contributed by atoms with van der Waals surface area (Å²) in [6, 6.07) is 0. The first-order valence-corrected chi connectivity index (χ1v) is 8.49. The van der Waals surface area contributed by atoms with Gasteiger partial charge in [0, 0.05) is 32.7 Å². The molecule has 4 heteroatoms. The van der Waals surface area contributed by atoms with Crippen molar-refractivity contribution in [3.8, 4) is 0 Å². The second-order valence-electron chi connectivity index (χ2n) is 5.30. The van der Waals surface area contributed by atoms with Crippen LogP contribution in [0.25, 0.3) is 0 Å². The Labute approximate surface area is 126 Å². The van der Waals surface area contributed by atoms with Gasteiger partial charge in [-0.05, 0) is 33.0 Å². The third kappa shape index (κ3) is 9.70. The fraction of sp³-hybridized carbons (Fsp3) is 1.00. The summed E-state index contributed by atoms with van der Waals surface area (Å²) in [4.78, 5) is 4.95. The van der Waals surface area contributed by atoms with Gasteiger partial charge in [-0.15, -0.1) is 0 Å². The first-order valence-electron chi connectivity index (χ1n) is 8.49. The third-order valence-corrected chi connectivity index (χ3v) is 3.42. The molecule has 1 saturated heterocycles. The van der Waals surface area contributed by atoms with Crippen LogP contribution < -0.4 is 5.32 Å². The summed E-state index contributed by atoms with van der Waals surface area (Å²) in [6.07, 6.45) is 2.81. The summed E-state index contributed by atoms with van der Waals surface area (Å²) in [7, 11) is 2.21. The van der Waals surface area contributed by atoms with Crippen molar-refractivity contribution in [2.24, 2.45) is 0 Å². The number of rotatable bonds is 9. The monoisotopic (exact) mass is 287 g/mol. The van der Waals surface area contributed by atoms with E-state index >= 15 is 0 Å². The van der Waals surface area contributed by atoms with E-state index in [4.69, 9.17) is 4.74 Å². The third-order valence-electron chi connectivity index (χ3n) is 3.42. The molecule has 1 aliphatic heterocycles. The smallest absolute Gasteiger partial charge is 0.0826 e. The molecular weight excluding hydrogens is 250 g/mol. The summed E-state index contributed by atoms with van der Waals surface area (Å²) in [5.74, 6) is 0. The minimum absolute atomic E-state index is 0.377. The zero-order chi connectivity index (χ0) is 15.2. The summed E-state index contributed by atoms with van der Waals surface area (Å²) in [6.45, 7) is 17.1. The predicted molar refractivity (Wildman–Crippen MR) is 88.5 cm³/mol. The van der Waals surface area contributed by atoms with Gasteiger partial charge in [0.1, 0.15) is 0 Å². The van der Waals surface area contributed by atoms with Crippen LogP contribution in [0.3, 0.4) is 0 Å². The molecule has 1 fully saturated rings. The molecule has 0 spiro atoms. The average Bonchev–Trinajstić information content (AvgIpc) is 2.48. The maximum atomic E-state index is 5.79. The van der Waals surface area contributed by atoms with Crippen LogP contribution in [0, 0.1) is 0 Å². The van der Waals surface area contributed by atoms with E-state index in [2.05, 4.69) is 36.0 Å². The fourth-order valence-corrected chi connectivity index (χ4v) is 2.35. The number of hydrogen-bond acceptors (Lipinski definition) is 4. The molecule has 4 nitrogen and oxygen atoms in total. The summed E-state index contributed by atoms with van der Waals surface area (Å²) in [5.41, 5.74) is 0. The minimum Gasteiger partial charge on any atom is -0.374 e. The van der Waals surface area contributed by atoms with Gasteiger partial charge in [0.25, 0.3) is 0 Å². The lowest BCUT2D eigenvalue weighted by atomic mass is 10.2. The molecule has 0 aromatic rings. The molecule has 1 N–H and O–H groups in total. The lowest BCUT2D eigenvalue weighted by Crippen LogP contribution is -2.48. The van der Waals surface area contributed by atoms with Crippen molar-refractivity contribution in [2.45, 2.75) is 46.6 Å². The maximum absolute atomic E-state index is 5.79. The molecule has 1 unspecified atom stereocenters. The fourth-order valence-electron chi connectivity index (χ4n) is 2.35.